The normalized spacial score (nSPS) is 22.1. The van der Waals surface area contributed by atoms with E-state index in [0.29, 0.717) is 6.10 Å². The zero-order chi connectivity index (χ0) is 12.8. The second kappa shape index (κ2) is 6.88. The van der Waals surface area contributed by atoms with Crippen LogP contribution in [-0.4, -0.2) is 37.7 Å². The Bertz CT molecular complexity index is 336. The number of benzene rings is 1. The second-order valence-corrected chi connectivity index (χ2v) is 5.23. The van der Waals surface area contributed by atoms with Crippen molar-refractivity contribution in [3.63, 3.8) is 0 Å². The van der Waals surface area contributed by atoms with Crippen molar-refractivity contribution in [3.8, 4) is 0 Å². The van der Waals surface area contributed by atoms with Gasteiger partial charge in [0.15, 0.2) is 0 Å². The molecule has 100 valence electrons. The van der Waals surface area contributed by atoms with E-state index in [4.69, 9.17) is 10.5 Å². The summed E-state index contributed by atoms with van der Waals surface area (Å²) in [7, 11) is 2.13. The number of rotatable bonds is 5. The molecule has 0 radical (unpaired) electrons. The van der Waals surface area contributed by atoms with E-state index >= 15 is 0 Å². The first-order valence-corrected chi connectivity index (χ1v) is 6.86. The summed E-state index contributed by atoms with van der Waals surface area (Å²) in [5.41, 5.74) is 7.42. The van der Waals surface area contributed by atoms with Crippen molar-refractivity contribution in [1.82, 2.24) is 4.90 Å². The first kappa shape index (κ1) is 13.5. The number of hydrogen-bond acceptors (Lipinski definition) is 3. The third-order valence-corrected chi connectivity index (χ3v) is 3.53. The van der Waals surface area contributed by atoms with Gasteiger partial charge in [-0.3, -0.25) is 0 Å². The van der Waals surface area contributed by atoms with Crippen molar-refractivity contribution in [1.29, 1.82) is 0 Å². The van der Waals surface area contributed by atoms with Crippen LogP contribution >= 0.6 is 0 Å². The quantitative estimate of drug-likeness (QED) is 0.868. The largest absolute Gasteiger partial charge is 0.377 e. The lowest BCUT2D eigenvalue weighted by Crippen LogP contribution is -2.37. The van der Waals surface area contributed by atoms with Crippen LogP contribution in [0.15, 0.2) is 30.3 Å². The highest BCUT2D eigenvalue weighted by Crippen LogP contribution is 2.15. The molecule has 0 saturated carbocycles. The lowest BCUT2D eigenvalue weighted by Gasteiger charge is -2.29. The molecule has 1 heterocycles. The van der Waals surface area contributed by atoms with Crippen molar-refractivity contribution >= 4 is 0 Å². The molecule has 1 aliphatic heterocycles. The first-order chi connectivity index (χ1) is 8.75. The number of nitrogens with two attached hydrogens (primary N) is 1. The summed E-state index contributed by atoms with van der Waals surface area (Å²) in [4.78, 5) is 2.29. The number of likely N-dealkylation sites (N-methyl/N-ethyl adjacent to an activating group) is 1. The molecule has 3 heteroatoms. The Kier molecular flexibility index (Phi) is 5.17. The summed E-state index contributed by atoms with van der Waals surface area (Å²) in [5.74, 6) is 0. The number of hydrogen-bond donors (Lipinski definition) is 1. The van der Waals surface area contributed by atoms with Crippen LogP contribution in [0.3, 0.4) is 0 Å². The minimum Gasteiger partial charge on any atom is -0.377 e. The standard InChI is InChI=1S/C15H24N2O/c1-17(11-14-9-5-6-10-18-14)12-15(16)13-7-3-2-4-8-13/h2-4,7-8,14-15H,5-6,9-12,16H2,1H3/t14?,15-/m1/s1. The van der Waals surface area contributed by atoms with Crippen molar-refractivity contribution in [2.45, 2.75) is 31.4 Å². The molecule has 0 aromatic heterocycles. The Labute approximate surface area is 110 Å². The van der Waals surface area contributed by atoms with E-state index in [1.165, 1.54) is 24.8 Å². The van der Waals surface area contributed by atoms with E-state index in [9.17, 15) is 0 Å². The molecule has 18 heavy (non-hydrogen) atoms. The van der Waals surface area contributed by atoms with Crippen LogP contribution in [0.1, 0.15) is 30.9 Å². The molecule has 1 unspecified atom stereocenters. The Hall–Kier alpha value is -0.900. The molecule has 1 saturated heterocycles. The summed E-state index contributed by atoms with van der Waals surface area (Å²) in [6.07, 6.45) is 4.09. The summed E-state index contributed by atoms with van der Waals surface area (Å²) in [6.45, 7) is 2.79. The summed E-state index contributed by atoms with van der Waals surface area (Å²) >= 11 is 0. The molecule has 1 aromatic rings. The van der Waals surface area contributed by atoms with Crippen LogP contribution in [0.5, 0.6) is 0 Å². The van der Waals surface area contributed by atoms with Crippen molar-refractivity contribution in [2.24, 2.45) is 5.73 Å². The van der Waals surface area contributed by atoms with Gasteiger partial charge < -0.3 is 15.4 Å². The van der Waals surface area contributed by atoms with E-state index in [0.717, 1.165) is 19.7 Å². The zero-order valence-corrected chi connectivity index (χ0v) is 11.2. The highest BCUT2D eigenvalue weighted by molar-refractivity contribution is 5.18. The number of ether oxygens (including phenoxy) is 1. The SMILES string of the molecule is CN(CC1CCCCO1)C[C@@H](N)c1ccccc1. The van der Waals surface area contributed by atoms with E-state index in [1.807, 2.05) is 18.2 Å². The van der Waals surface area contributed by atoms with Crippen molar-refractivity contribution in [2.75, 3.05) is 26.7 Å². The van der Waals surface area contributed by atoms with Crippen LogP contribution in [0.2, 0.25) is 0 Å². The minimum atomic E-state index is 0.0831. The molecule has 2 rings (SSSR count). The number of nitrogens with zero attached hydrogens (tertiary/aromatic N) is 1. The fourth-order valence-electron chi connectivity index (χ4n) is 2.51. The maximum atomic E-state index is 6.22. The summed E-state index contributed by atoms with van der Waals surface area (Å²) < 4.78 is 5.75. The van der Waals surface area contributed by atoms with Gasteiger partial charge in [-0.2, -0.15) is 0 Å². The fourth-order valence-corrected chi connectivity index (χ4v) is 2.51. The van der Waals surface area contributed by atoms with Gasteiger partial charge in [-0.05, 0) is 31.9 Å². The topological polar surface area (TPSA) is 38.5 Å². The highest BCUT2D eigenvalue weighted by Gasteiger charge is 2.17. The molecule has 0 bridgehead atoms. The van der Waals surface area contributed by atoms with Crippen LogP contribution in [0.4, 0.5) is 0 Å². The zero-order valence-electron chi connectivity index (χ0n) is 11.2. The molecule has 0 spiro atoms. The maximum Gasteiger partial charge on any atom is 0.0701 e. The van der Waals surface area contributed by atoms with Crippen molar-refractivity contribution in [3.05, 3.63) is 35.9 Å². The molecular formula is C15H24N2O. The van der Waals surface area contributed by atoms with Gasteiger partial charge >= 0.3 is 0 Å². The molecule has 1 aromatic carbocycles. The first-order valence-electron chi connectivity index (χ1n) is 6.86. The third-order valence-electron chi connectivity index (χ3n) is 3.53. The van der Waals surface area contributed by atoms with Gasteiger partial charge in [0.1, 0.15) is 0 Å². The van der Waals surface area contributed by atoms with Gasteiger partial charge in [0.25, 0.3) is 0 Å². The Morgan fingerprint density at radius 3 is 2.78 bits per heavy atom. The molecule has 0 aliphatic carbocycles. The maximum absolute atomic E-state index is 6.22. The van der Waals surface area contributed by atoms with Gasteiger partial charge in [0, 0.05) is 25.7 Å². The molecule has 0 amide bonds. The lowest BCUT2D eigenvalue weighted by atomic mass is 10.1. The van der Waals surface area contributed by atoms with E-state index in [1.54, 1.807) is 0 Å². The lowest BCUT2D eigenvalue weighted by molar-refractivity contribution is -0.00214. The van der Waals surface area contributed by atoms with Crippen molar-refractivity contribution < 1.29 is 4.74 Å². The Morgan fingerprint density at radius 2 is 2.11 bits per heavy atom. The van der Waals surface area contributed by atoms with Gasteiger partial charge in [-0.1, -0.05) is 30.3 Å². The smallest absolute Gasteiger partial charge is 0.0701 e. The average molecular weight is 248 g/mol. The molecule has 2 N–H and O–H groups in total. The molecule has 1 aliphatic rings. The van der Waals surface area contributed by atoms with Gasteiger partial charge in [-0.15, -0.1) is 0 Å². The monoisotopic (exact) mass is 248 g/mol. The summed E-state index contributed by atoms with van der Waals surface area (Å²) in [5, 5.41) is 0. The highest BCUT2D eigenvalue weighted by atomic mass is 16.5. The Morgan fingerprint density at radius 1 is 1.33 bits per heavy atom. The molecule has 1 fully saturated rings. The van der Waals surface area contributed by atoms with Crippen LogP contribution in [0.25, 0.3) is 0 Å². The van der Waals surface area contributed by atoms with Crippen LogP contribution in [0, 0.1) is 0 Å². The molecular weight excluding hydrogens is 224 g/mol. The van der Waals surface area contributed by atoms with Crippen LogP contribution in [-0.2, 0) is 4.74 Å². The van der Waals surface area contributed by atoms with Gasteiger partial charge in [-0.25, -0.2) is 0 Å². The van der Waals surface area contributed by atoms with E-state index < -0.39 is 0 Å². The summed E-state index contributed by atoms with van der Waals surface area (Å²) in [6, 6.07) is 10.4. The van der Waals surface area contributed by atoms with E-state index in [-0.39, 0.29) is 6.04 Å². The molecule has 2 atom stereocenters. The van der Waals surface area contributed by atoms with Gasteiger partial charge in [0.05, 0.1) is 6.10 Å². The van der Waals surface area contributed by atoms with E-state index in [2.05, 4.69) is 24.1 Å². The van der Waals surface area contributed by atoms with Crippen LogP contribution < -0.4 is 5.73 Å². The average Bonchev–Trinajstić information content (AvgIpc) is 2.40. The second-order valence-electron chi connectivity index (χ2n) is 5.23. The molecule has 3 nitrogen and oxygen atoms in total. The minimum absolute atomic E-state index is 0.0831. The Balaban J connectivity index is 1.78. The third kappa shape index (κ3) is 4.09. The predicted molar refractivity (Wildman–Crippen MR) is 74.5 cm³/mol. The fraction of sp³-hybridized carbons (Fsp3) is 0.600. The van der Waals surface area contributed by atoms with Gasteiger partial charge in [0.2, 0.25) is 0 Å². The predicted octanol–water partition coefficient (Wildman–Crippen LogP) is 2.19.